The molecule has 0 atom stereocenters. The summed E-state index contributed by atoms with van der Waals surface area (Å²) < 4.78 is 5.38. The highest BCUT2D eigenvalue weighted by Gasteiger charge is 2.10. The van der Waals surface area contributed by atoms with Gasteiger partial charge in [-0.1, -0.05) is 11.6 Å². The SMILES string of the molecule is Cl.NCCCCNC(=O)Cc1coc(-c2ccc(Cl)cc2)n1. The van der Waals surface area contributed by atoms with Crippen LogP contribution in [0.5, 0.6) is 0 Å². The molecule has 2 aromatic rings. The Labute approximate surface area is 140 Å². The Morgan fingerprint density at radius 2 is 2.00 bits per heavy atom. The van der Waals surface area contributed by atoms with E-state index in [0.717, 1.165) is 18.4 Å². The van der Waals surface area contributed by atoms with E-state index in [1.807, 2.05) is 12.1 Å². The first-order valence-corrected chi connectivity index (χ1v) is 7.24. The fourth-order valence-electron chi connectivity index (χ4n) is 1.84. The summed E-state index contributed by atoms with van der Waals surface area (Å²) in [5, 5.41) is 3.48. The van der Waals surface area contributed by atoms with Gasteiger partial charge in [0.15, 0.2) is 0 Å². The number of halogens is 2. The van der Waals surface area contributed by atoms with Crippen LogP contribution in [0, 0.1) is 0 Å². The molecular weight excluding hydrogens is 325 g/mol. The average molecular weight is 344 g/mol. The number of nitrogens with one attached hydrogen (secondary N) is 1. The molecule has 0 saturated carbocycles. The summed E-state index contributed by atoms with van der Waals surface area (Å²) in [6.45, 7) is 1.28. The van der Waals surface area contributed by atoms with Crippen LogP contribution in [0.2, 0.25) is 5.02 Å². The summed E-state index contributed by atoms with van der Waals surface area (Å²) in [6, 6.07) is 7.19. The van der Waals surface area contributed by atoms with Crippen LogP contribution < -0.4 is 11.1 Å². The molecule has 0 spiro atoms. The van der Waals surface area contributed by atoms with Gasteiger partial charge in [0.05, 0.1) is 12.1 Å². The van der Waals surface area contributed by atoms with Crippen LogP contribution in [0.15, 0.2) is 34.9 Å². The van der Waals surface area contributed by atoms with Gasteiger partial charge in [0, 0.05) is 17.1 Å². The Morgan fingerprint density at radius 1 is 1.27 bits per heavy atom. The third kappa shape index (κ3) is 5.67. The summed E-state index contributed by atoms with van der Waals surface area (Å²) in [4.78, 5) is 16.0. The molecule has 3 N–H and O–H groups in total. The third-order valence-electron chi connectivity index (χ3n) is 2.94. The van der Waals surface area contributed by atoms with Crippen LogP contribution in [0.4, 0.5) is 0 Å². The summed E-state index contributed by atoms with van der Waals surface area (Å²) in [5.41, 5.74) is 6.83. The normalized spacial score (nSPS) is 10.1. The van der Waals surface area contributed by atoms with Crippen LogP contribution >= 0.6 is 24.0 Å². The van der Waals surface area contributed by atoms with Gasteiger partial charge in [0.2, 0.25) is 11.8 Å². The number of benzene rings is 1. The van der Waals surface area contributed by atoms with Crippen LogP contribution in [-0.2, 0) is 11.2 Å². The van der Waals surface area contributed by atoms with E-state index in [2.05, 4.69) is 10.3 Å². The number of nitrogens with two attached hydrogens (primary N) is 1. The van der Waals surface area contributed by atoms with E-state index < -0.39 is 0 Å². The van der Waals surface area contributed by atoms with Gasteiger partial charge in [-0.25, -0.2) is 4.98 Å². The van der Waals surface area contributed by atoms with Gasteiger partial charge in [0.25, 0.3) is 0 Å². The van der Waals surface area contributed by atoms with E-state index in [-0.39, 0.29) is 24.7 Å². The average Bonchev–Trinajstić information content (AvgIpc) is 2.93. The zero-order chi connectivity index (χ0) is 15.1. The predicted octanol–water partition coefficient (Wildman–Crippen LogP) is 2.81. The number of unbranched alkanes of at least 4 members (excludes halogenated alkanes) is 1. The smallest absolute Gasteiger partial charge is 0.226 e. The minimum atomic E-state index is -0.0667. The van der Waals surface area contributed by atoms with Crippen molar-refractivity contribution in [3.8, 4) is 11.5 Å². The number of rotatable bonds is 7. The van der Waals surface area contributed by atoms with Crippen LogP contribution in [0.25, 0.3) is 11.5 Å². The van der Waals surface area contributed by atoms with Gasteiger partial charge in [-0.15, -0.1) is 12.4 Å². The fourth-order valence-corrected chi connectivity index (χ4v) is 1.96. The molecule has 1 aromatic carbocycles. The lowest BCUT2D eigenvalue weighted by Gasteiger charge is -2.02. The Hall–Kier alpha value is -1.56. The lowest BCUT2D eigenvalue weighted by Crippen LogP contribution is -2.26. The number of aromatic nitrogens is 1. The highest BCUT2D eigenvalue weighted by Crippen LogP contribution is 2.20. The number of hydrogen-bond acceptors (Lipinski definition) is 4. The molecule has 0 fully saturated rings. The second kappa shape index (κ2) is 9.46. The third-order valence-corrected chi connectivity index (χ3v) is 3.19. The molecule has 22 heavy (non-hydrogen) atoms. The minimum Gasteiger partial charge on any atom is -0.444 e. The molecule has 120 valence electrons. The van der Waals surface area contributed by atoms with Gasteiger partial charge in [-0.05, 0) is 43.7 Å². The predicted molar refractivity (Wildman–Crippen MR) is 89.2 cm³/mol. The van der Waals surface area contributed by atoms with E-state index in [1.165, 1.54) is 6.26 Å². The Balaban J connectivity index is 0.00000242. The summed E-state index contributed by atoms with van der Waals surface area (Å²) in [7, 11) is 0. The van der Waals surface area contributed by atoms with Crippen LogP contribution in [-0.4, -0.2) is 24.0 Å². The summed E-state index contributed by atoms with van der Waals surface area (Å²) in [5.74, 6) is 0.417. The first kappa shape index (κ1) is 18.5. The van der Waals surface area contributed by atoms with Gasteiger partial charge in [-0.3, -0.25) is 4.79 Å². The van der Waals surface area contributed by atoms with Crippen molar-refractivity contribution in [2.24, 2.45) is 5.73 Å². The highest BCUT2D eigenvalue weighted by atomic mass is 35.5. The van der Waals surface area contributed by atoms with Crippen molar-refractivity contribution in [2.45, 2.75) is 19.3 Å². The number of carbonyl (C=O) groups excluding carboxylic acids is 1. The van der Waals surface area contributed by atoms with Crippen molar-refractivity contribution in [2.75, 3.05) is 13.1 Å². The topological polar surface area (TPSA) is 81.1 Å². The lowest BCUT2D eigenvalue weighted by atomic mass is 10.2. The Bertz CT molecular complexity index is 585. The molecule has 1 heterocycles. The maximum atomic E-state index is 11.7. The number of carbonyl (C=O) groups is 1. The molecular formula is C15H19Cl2N3O2. The molecule has 0 saturated heterocycles. The van der Waals surface area contributed by atoms with E-state index >= 15 is 0 Å². The monoisotopic (exact) mass is 343 g/mol. The molecule has 5 nitrogen and oxygen atoms in total. The van der Waals surface area contributed by atoms with Crippen molar-refractivity contribution in [1.82, 2.24) is 10.3 Å². The van der Waals surface area contributed by atoms with Crippen molar-refractivity contribution in [3.63, 3.8) is 0 Å². The van der Waals surface area contributed by atoms with Crippen LogP contribution in [0.3, 0.4) is 0 Å². The summed E-state index contributed by atoms with van der Waals surface area (Å²) in [6.07, 6.45) is 3.51. The van der Waals surface area contributed by atoms with Crippen molar-refractivity contribution in [3.05, 3.63) is 41.2 Å². The number of amides is 1. The maximum Gasteiger partial charge on any atom is 0.226 e. The molecule has 0 bridgehead atoms. The van der Waals surface area contributed by atoms with E-state index in [9.17, 15) is 4.79 Å². The molecule has 7 heteroatoms. The minimum absolute atomic E-state index is 0. The highest BCUT2D eigenvalue weighted by molar-refractivity contribution is 6.30. The zero-order valence-corrected chi connectivity index (χ0v) is 13.6. The van der Waals surface area contributed by atoms with Gasteiger partial charge in [-0.2, -0.15) is 0 Å². The maximum absolute atomic E-state index is 11.7. The molecule has 2 rings (SSSR count). The standard InChI is InChI=1S/C15H18ClN3O2.ClH/c16-12-5-3-11(4-6-12)15-19-13(10-21-15)9-14(20)18-8-2-1-7-17;/h3-6,10H,1-2,7-9,17H2,(H,18,20);1H. The molecule has 0 aliphatic rings. The van der Waals surface area contributed by atoms with Crippen molar-refractivity contribution >= 4 is 29.9 Å². The second-order valence-corrected chi connectivity index (χ2v) is 5.11. The molecule has 1 aromatic heterocycles. The summed E-state index contributed by atoms with van der Waals surface area (Å²) >= 11 is 5.83. The van der Waals surface area contributed by atoms with Crippen molar-refractivity contribution < 1.29 is 9.21 Å². The largest absolute Gasteiger partial charge is 0.444 e. The van der Waals surface area contributed by atoms with E-state index in [0.29, 0.717) is 29.7 Å². The first-order chi connectivity index (χ1) is 10.2. The van der Waals surface area contributed by atoms with Gasteiger partial charge < -0.3 is 15.5 Å². The lowest BCUT2D eigenvalue weighted by molar-refractivity contribution is -0.120. The van der Waals surface area contributed by atoms with E-state index in [4.69, 9.17) is 21.8 Å². The molecule has 0 radical (unpaired) electrons. The van der Waals surface area contributed by atoms with E-state index in [1.54, 1.807) is 12.1 Å². The number of oxazole rings is 1. The van der Waals surface area contributed by atoms with Crippen molar-refractivity contribution in [1.29, 1.82) is 0 Å². The number of hydrogen-bond donors (Lipinski definition) is 2. The molecule has 0 aliphatic heterocycles. The fraction of sp³-hybridized carbons (Fsp3) is 0.333. The molecule has 1 amide bonds. The second-order valence-electron chi connectivity index (χ2n) is 4.67. The quantitative estimate of drug-likeness (QED) is 0.757. The van der Waals surface area contributed by atoms with Crippen LogP contribution in [0.1, 0.15) is 18.5 Å². The van der Waals surface area contributed by atoms with Gasteiger partial charge in [0.1, 0.15) is 6.26 Å². The number of nitrogens with zero attached hydrogens (tertiary/aromatic N) is 1. The molecule has 0 aliphatic carbocycles. The first-order valence-electron chi connectivity index (χ1n) is 6.86. The Kier molecular flexibility index (Phi) is 7.95. The Morgan fingerprint density at radius 3 is 2.68 bits per heavy atom. The van der Waals surface area contributed by atoms with Gasteiger partial charge >= 0.3 is 0 Å². The zero-order valence-electron chi connectivity index (χ0n) is 12.0. The molecule has 0 unspecified atom stereocenters.